The fourth-order valence-corrected chi connectivity index (χ4v) is 3.92. The van der Waals surface area contributed by atoms with Crippen LogP contribution in [0.5, 0.6) is 0 Å². The summed E-state index contributed by atoms with van der Waals surface area (Å²) in [6, 6.07) is 0.180. The molecular formula is C16H32N2O2S2. The van der Waals surface area contributed by atoms with Crippen molar-refractivity contribution in [1.82, 2.24) is 10.6 Å². The lowest BCUT2D eigenvalue weighted by atomic mass is 9.92. The van der Waals surface area contributed by atoms with Gasteiger partial charge in [0.05, 0.1) is 0 Å². The minimum atomic E-state index is 0.0373. The van der Waals surface area contributed by atoms with Gasteiger partial charge in [0.2, 0.25) is 11.8 Å². The zero-order valence-corrected chi connectivity index (χ0v) is 16.5. The van der Waals surface area contributed by atoms with E-state index in [4.69, 9.17) is 0 Å². The molecule has 4 nitrogen and oxygen atoms in total. The molecule has 0 saturated heterocycles. The average Bonchev–Trinajstić information content (AvgIpc) is 2.29. The summed E-state index contributed by atoms with van der Waals surface area (Å²) in [5.41, 5.74) is 0.0373. The van der Waals surface area contributed by atoms with Crippen LogP contribution in [0.1, 0.15) is 54.4 Å². The monoisotopic (exact) mass is 348 g/mol. The number of hydrogen-bond donors (Lipinski definition) is 2. The third-order valence-electron chi connectivity index (χ3n) is 2.60. The maximum atomic E-state index is 11.6. The Morgan fingerprint density at radius 2 is 1.68 bits per heavy atom. The van der Waals surface area contributed by atoms with Gasteiger partial charge in [-0.25, -0.2) is 0 Å². The van der Waals surface area contributed by atoms with Crippen molar-refractivity contribution in [2.24, 2.45) is 11.3 Å². The predicted octanol–water partition coefficient (Wildman–Crippen LogP) is 3.47. The van der Waals surface area contributed by atoms with Crippen molar-refractivity contribution in [1.29, 1.82) is 0 Å². The second-order valence-electron chi connectivity index (χ2n) is 7.26. The average molecular weight is 349 g/mol. The van der Waals surface area contributed by atoms with Crippen LogP contribution in [0.4, 0.5) is 0 Å². The molecule has 0 aromatic heterocycles. The number of rotatable bonds is 10. The molecule has 0 saturated carbocycles. The smallest absolute Gasteiger partial charge is 0.220 e. The van der Waals surface area contributed by atoms with Crippen LogP contribution in [-0.2, 0) is 9.59 Å². The van der Waals surface area contributed by atoms with Gasteiger partial charge >= 0.3 is 0 Å². The Morgan fingerprint density at radius 3 is 2.23 bits per heavy atom. The first-order chi connectivity index (χ1) is 10.1. The highest BCUT2D eigenvalue weighted by Gasteiger charge is 2.15. The van der Waals surface area contributed by atoms with Crippen molar-refractivity contribution in [3.05, 3.63) is 0 Å². The molecule has 130 valence electrons. The lowest BCUT2D eigenvalue weighted by Gasteiger charge is -2.17. The van der Waals surface area contributed by atoms with E-state index in [2.05, 4.69) is 31.4 Å². The standard InChI is InChI=1S/C16H32N2O2S2/c1-12(2)9-14(19)18-13(3)11-22-21-8-7-17-15(20)10-16(4,5)6/h12-13H,7-11H2,1-6H3,(H,17,20)(H,18,19)/t13-/m1/s1. The van der Waals surface area contributed by atoms with Crippen LogP contribution in [0.15, 0.2) is 0 Å². The van der Waals surface area contributed by atoms with Crippen LogP contribution < -0.4 is 10.6 Å². The minimum absolute atomic E-state index is 0.0373. The van der Waals surface area contributed by atoms with Crippen molar-refractivity contribution in [2.45, 2.75) is 60.4 Å². The second-order valence-corrected chi connectivity index (χ2v) is 9.89. The molecule has 0 spiro atoms. The number of carbonyl (C=O) groups excluding carboxylic acids is 2. The van der Waals surface area contributed by atoms with E-state index in [0.717, 1.165) is 11.5 Å². The van der Waals surface area contributed by atoms with Gasteiger partial charge in [-0.15, -0.1) is 0 Å². The molecule has 1 atom stereocenters. The highest BCUT2D eigenvalue weighted by atomic mass is 33.1. The highest BCUT2D eigenvalue weighted by Crippen LogP contribution is 2.21. The first-order valence-electron chi connectivity index (χ1n) is 7.90. The Balaban J connectivity index is 3.57. The quantitative estimate of drug-likeness (QED) is 0.469. The van der Waals surface area contributed by atoms with E-state index in [-0.39, 0.29) is 23.3 Å². The van der Waals surface area contributed by atoms with Gasteiger partial charge in [-0.05, 0) is 18.3 Å². The van der Waals surface area contributed by atoms with Crippen LogP contribution >= 0.6 is 21.6 Å². The maximum Gasteiger partial charge on any atom is 0.220 e. The SMILES string of the molecule is CC(C)CC(=O)N[C@H](C)CSSCCNC(=O)CC(C)(C)C. The molecule has 2 N–H and O–H groups in total. The normalized spacial score (nSPS) is 13.0. The fraction of sp³-hybridized carbons (Fsp3) is 0.875. The summed E-state index contributed by atoms with van der Waals surface area (Å²) >= 11 is 0. The summed E-state index contributed by atoms with van der Waals surface area (Å²) < 4.78 is 0. The van der Waals surface area contributed by atoms with Gasteiger partial charge < -0.3 is 10.6 Å². The Labute approximate surface area is 143 Å². The van der Waals surface area contributed by atoms with E-state index < -0.39 is 0 Å². The van der Waals surface area contributed by atoms with E-state index >= 15 is 0 Å². The molecule has 0 aromatic rings. The Bertz CT molecular complexity index is 342. The first-order valence-corrected chi connectivity index (χ1v) is 10.4. The van der Waals surface area contributed by atoms with E-state index in [0.29, 0.717) is 25.3 Å². The summed E-state index contributed by atoms with van der Waals surface area (Å²) in [4.78, 5) is 23.2. The van der Waals surface area contributed by atoms with E-state index in [1.54, 1.807) is 21.6 Å². The molecule has 0 radical (unpaired) electrons. The topological polar surface area (TPSA) is 58.2 Å². The first kappa shape index (κ1) is 21.6. The lowest BCUT2D eigenvalue weighted by molar-refractivity contribution is -0.123. The number of carbonyl (C=O) groups is 2. The molecule has 0 aliphatic carbocycles. The van der Waals surface area contributed by atoms with Gasteiger partial charge in [0, 0.05) is 36.9 Å². The van der Waals surface area contributed by atoms with Gasteiger partial charge in [0.25, 0.3) is 0 Å². The van der Waals surface area contributed by atoms with Crippen LogP contribution in [0.2, 0.25) is 0 Å². The van der Waals surface area contributed by atoms with Crippen molar-refractivity contribution in [3.8, 4) is 0 Å². The number of hydrogen-bond acceptors (Lipinski definition) is 4. The van der Waals surface area contributed by atoms with Crippen LogP contribution in [-0.4, -0.2) is 35.9 Å². The summed E-state index contributed by atoms with van der Waals surface area (Å²) in [6.45, 7) is 13.0. The highest BCUT2D eigenvalue weighted by molar-refractivity contribution is 8.76. The van der Waals surface area contributed by atoms with E-state index in [9.17, 15) is 9.59 Å². The van der Waals surface area contributed by atoms with E-state index in [1.165, 1.54) is 0 Å². The summed E-state index contributed by atoms with van der Waals surface area (Å²) in [5.74, 6) is 2.40. The zero-order valence-electron chi connectivity index (χ0n) is 14.8. The summed E-state index contributed by atoms with van der Waals surface area (Å²) in [5, 5.41) is 5.94. The zero-order chi connectivity index (χ0) is 17.2. The largest absolute Gasteiger partial charge is 0.355 e. The van der Waals surface area contributed by atoms with Crippen LogP contribution in [0.3, 0.4) is 0 Å². The molecule has 0 rings (SSSR count). The third-order valence-corrected chi connectivity index (χ3v) is 5.18. The molecule has 6 heteroatoms. The molecule has 0 aromatic carbocycles. The molecule has 0 unspecified atom stereocenters. The molecular weight excluding hydrogens is 316 g/mol. The summed E-state index contributed by atoms with van der Waals surface area (Å²) in [6.07, 6.45) is 1.14. The number of amides is 2. The molecule has 22 heavy (non-hydrogen) atoms. The van der Waals surface area contributed by atoms with Crippen molar-refractivity contribution in [3.63, 3.8) is 0 Å². The molecule has 0 fully saturated rings. The molecule has 0 aliphatic rings. The predicted molar refractivity (Wildman–Crippen MR) is 99.1 cm³/mol. The molecule has 0 bridgehead atoms. The Kier molecular flexibility index (Phi) is 11.0. The van der Waals surface area contributed by atoms with Gasteiger partial charge in [-0.3, -0.25) is 9.59 Å². The van der Waals surface area contributed by atoms with Crippen molar-refractivity contribution < 1.29 is 9.59 Å². The Morgan fingerprint density at radius 1 is 1.05 bits per heavy atom. The minimum Gasteiger partial charge on any atom is -0.355 e. The maximum absolute atomic E-state index is 11.6. The van der Waals surface area contributed by atoms with Gasteiger partial charge in [-0.2, -0.15) is 0 Å². The Hall–Kier alpha value is -0.360. The summed E-state index contributed by atoms with van der Waals surface area (Å²) in [7, 11) is 3.47. The van der Waals surface area contributed by atoms with Crippen molar-refractivity contribution in [2.75, 3.05) is 18.1 Å². The molecule has 0 aliphatic heterocycles. The van der Waals surface area contributed by atoms with Gasteiger partial charge in [0.15, 0.2) is 0 Å². The van der Waals surface area contributed by atoms with Gasteiger partial charge in [-0.1, -0.05) is 56.2 Å². The van der Waals surface area contributed by atoms with Gasteiger partial charge in [0.1, 0.15) is 0 Å². The van der Waals surface area contributed by atoms with E-state index in [1.807, 2.05) is 20.8 Å². The second kappa shape index (κ2) is 11.2. The number of nitrogens with one attached hydrogen (secondary N) is 2. The fourth-order valence-electron chi connectivity index (χ4n) is 1.73. The van der Waals surface area contributed by atoms with Crippen molar-refractivity contribution >= 4 is 33.4 Å². The molecule has 2 amide bonds. The van der Waals surface area contributed by atoms with Crippen LogP contribution in [0.25, 0.3) is 0 Å². The van der Waals surface area contributed by atoms with Crippen LogP contribution in [0, 0.1) is 11.3 Å². The lowest BCUT2D eigenvalue weighted by Crippen LogP contribution is -2.34. The molecule has 0 heterocycles. The third kappa shape index (κ3) is 14.6.